The number of imidazole rings is 1. The van der Waals surface area contributed by atoms with Gasteiger partial charge in [0.2, 0.25) is 0 Å². The van der Waals surface area contributed by atoms with Crippen molar-refractivity contribution in [2.45, 2.75) is 0 Å². The Morgan fingerprint density at radius 3 is 2.66 bits per heavy atom. The fourth-order valence-corrected chi connectivity index (χ4v) is 3.47. The van der Waals surface area contributed by atoms with Gasteiger partial charge in [-0.2, -0.15) is 5.26 Å². The second-order valence-electron chi connectivity index (χ2n) is 6.61. The Morgan fingerprint density at radius 2 is 1.83 bits per heavy atom. The highest BCUT2D eigenvalue weighted by atomic mass is 16.3. The van der Waals surface area contributed by atoms with Gasteiger partial charge in [-0.25, -0.2) is 4.98 Å². The lowest BCUT2D eigenvalue weighted by Gasteiger charge is -2.12. The van der Waals surface area contributed by atoms with E-state index in [-0.39, 0.29) is 5.75 Å². The van der Waals surface area contributed by atoms with Gasteiger partial charge >= 0.3 is 0 Å². The van der Waals surface area contributed by atoms with Gasteiger partial charge in [0.25, 0.3) is 0 Å². The topological polar surface area (TPSA) is 86.2 Å². The average molecular weight is 377 g/mol. The molecule has 0 aliphatic heterocycles. The molecule has 6 heteroatoms. The van der Waals surface area contributed by atoms with E-state index in [1.807, 2.05) is 53.1 Å². The Bertz CT molecular complexity index is 1400. The number of hydrogen-bond acceptors (Lipinski definition) is 5. The van der Waals surface area contributed by atoms with Gasteiger partial charge in [0.15, 0.2) is 5.65 Å². The van der Waals surface area contributed by atoms with Crippen molar-refractivity contribution >= 4 is 27.9 Å². The molecule has 2 heterocycles. The molecule has 5 aromatic rings. The first-order valence-electron chi connectivity index (χ1n) is 9.05. The van der Waals surface area contributed by atoms with Gasteiger partial charge in [-0.3, -0.25) is 9.38 Å². The number of anilines is 2. The number of phenols is 1. The molecule has 0 spiro atoms. The second-order valence-corrected chi connectivity index (χ2v) is 6.61. The standard InChI is InChI=1S/C23H15N5O/c24-13-15-5-8-17(9-6-15)26-23-22(27-20-14-25-11-12-28(20)23)21-18-4-2-1-3-16(18)7-10-19(21)29/h1-12,14,26,29H. The smallest absolute Gasteiger partial charge is 0.157 e. The van der Waals surface area contributed by atoms with Crippen LogP contribution in [0.2, 0.25) is 0 Å². The molecular weight excluding hydrogens is 362 g/mol. The summed E-state index contributed by atoms with van der Waals surface area (Å²) in [6.07, 6.45) is 5.18. The minimum atomic E-state index is 0.156. The zero-order valence-corrected chi connectivity index (χ0v) is 15.2. The van der Waals surface area contributed by atoms with Gasteiger partial charge in [-0.05, 0) is 41.1 Å². The first-order valence-corrected chi connectivity index (χ1v) is 9.05. The molecule has 2 N–H and O–H groups in total. The van der Waals surface area contributed by atoms with E-state index in [0.29, 0.717) is 28.3 Å². The number of rotatable bonds is 3. The lowest BCUT2D eigenvalue weighted by atomic mass is 10.0. The quantitative estimate of drug-likeness (QED) is 0.468. The van der Waals surface area contributed by atoms with Crippen molar-refractivity contribution in [3.63, 3.8) is 0 Å². The fraction of sp³-hybridized carbons (Fsp3) is 0. The molecule has 0 atom stereocenters. The monoisotopic (exact) mass is 377 g/mol. The van der Waals surface area contributed by atoms with Crippen LogP contribution < -0.4 is 5.32 Å². The first-order chi connectivity index (χ1) is 14.2. The van der Waals surface area contributed by atoms with Crippen LogP contribution in [0.15, 0.2) is 79.3 Å². The molecule has 2 aromatic heterocycles. The van der Waals surface area contributed by atoms with Crippen molar-refractivity contribution < 1.29 is 5.11 Å². The lowest BCUT2D eigenvalue weighted by Crippen LogP contribution is -1.97. The molecule has 0 saturated carbocycles. The van der Waals surface area contributed by atoms with E-state index in [9.17, 15) is 5.11 Å². The van der Waals surface area contributed by atoms with Crippen molar-refractivity contribution in [3.8, 4) is 23.1 Å². The maximum Gasteiger partial charge on any atom is 0.157 e. The molecule has 6 nitrogen and oxygen atoms in total. The summed E-state index contributed by atoms with van der Waals surface area (Å²) in [5, 5.41) is 25.1. The predicted octanol–water partition coefficient (Wildman–Crippen LogP) is 4.87. The Labute approximate surface area is 166 Å². The molecule has 5 rings (SSSR count). The van der Waals surface area contributed by atoms with Crippen molar-refractivity contribution in [2.24, 2.45) is 0 Å². The summed E-state index contributed by atoms with van der Waals surface area (Å²) >= 11 is 0. The number of benzene rings is 3. The van der Waals surface area contributed by atoms with Crippen molar-refractivity contribution in [1.82, 2.24) is 14.4 Å². The van der Waals surface area contributed by atoms with E-state index in [4.69, 9.17) is 10.2 Å². The van der Waals surface area contributed by atoms with Crippen LogP contribution in [-0.4, -0.2) is 19.5 Å². The number of aromatic nitrogens is 3. The number of fused-ring (bicyclic) bond motifs is 2. The largest absolute Gasteiger partial charge is 0.507 e. The molecule has 0 radical (unpaired) electrons. The lowest BCUT2D eigenvalue weighted by molar-refractivity contribution is 0.478. The van der Waals surface area contributed by atoms with Crippen LogP contribution in [0.1, 0.15) is 5.56 Å². The Balaban J connectivity index is 1.76. The van der Waals surface area contributed by atoms with Crippen LogP contribution in [-0.2, 0) is 0 Å². The van der Waals surface area contributed by atoms with Crippen molar-refractivity contribution in [2.75, 3.05) is 5.32 Å². The number of nitrogens with zero attached hydrogens (tertiary/aromatic N) is 4. The van der Waals surface area contributed by atoms with Crippen LogP contribution in [0.5, 0.6) is 5.75 Å². The van der Waals surface area contributed by atoms with Crippen molar-refractivity contribution in [3.05, 3.63) is 84.8 Å². The number of phenolic OH excluding ortho intramolecular Hbond substituents is 1. The third-order valence-corrected chi connectivity index (χ3v) is 4.85. The zero-order chi connectivity index (χ0) is 19.8. The highest BCUT2D eigenvalue weighted by molar-refractivity contribution is 6.01. The summed E-state index contributed by atoms with van der Waals surface area (Å²) in [6.45, 7) is 0. The Hall–Kier alpha value is -4.37. The molecule has 0 bridgehead atoms. The van der Waals surface area contributed by atoms with E-state index >= 15 is 0 Å². The minimum absolute atomic E-state index is 0.156. The SMILES string of the molecule is N#Cc1ccc(Nc2c(-c3c(O)ccc4ccccc34)nc3cnccn23)cc1. The highest BCUT2D eigenvalue weighted by Gasteiger charge is 2.19. The maximum atomic E-state index is 10.7. The number of aromatic hydroxyl groups is 1. The summed E-state index contributed by atoms with van der Waals surface area (Å²) < 4.78 is 1.89. The van der Waals surface area contributed by atoms with Gasteiger partial charge in [-0.1, -0.05) is 30.3 Å². The van der Waals surface area contributed by atoms with E-state index in [1.165, 1.54) is 0 Å². The molecular formula is C23H15N5O. The summed E-state index contributed by atoms with van der Waals surface area (Å²) in [5.41, 5.74) is 3.33. The molecule has 0 amide bonds. The summed E-state index contributed by atoms with van der Waals surface area (Å²) in [7, 11) is 0. The van der Waals surface area contributed by atoms with Crippen LogP contribution >= 0.6 is 0 Å². The molecule has 0 fully saturated rings. The highest BCUT2D eigenvalue weighted by Crippen LogP contribution is 2.40. The fourth-order valence-electron chi connectivity index (χ4n) is 3.47. The van der Waals surface area contributed by atoms with E-state index in [0.717, 1.165) is 16.5 Å². The third kappa shape index (κ3) is 2.82. The predicted molar refractivity (Wildman–Crippen MR) is 112 cm³/mol. The molecule has 0 unspecified atom stereocenters. The van der Waals surface area contributed by atoms with Gasteiger partial charge in [0.1, 0.15) is 17.3 Å². The Morgan fingerprint density at radius 1 is 1.00 bits per heavy atom. The van der Waals surface area contributed by atoms with E-state index in [2.05, 4.69) is 16.4 Å². The van der Waals surface area contributed by atoms with Crippen molar-refractivity contribution in [1.29, 1.82) is 5.26 Å². The molecule has 3 aromatic carbocycles. The number of nitrogens with one attached hydrogen (secondary N) is 1. The Kier molecular flexibility index (Phi) is 3.85. The summed E-state index contributed by atoms with van der Waals surface area (Å²) in [6, 6.07) is 20.8. The van der Waals surface area contributed by atoms with Gasteiger partial charge in [0.05, 0.1) is 23.4 Å². The third-order valence-electron chi connectivity index (χ3n) is 4.85. The van der Waals surface area contributed by atoms with Gasteiger partial charge in [-0.15, -0.1) is 0 Å². The number of nitriles is 1. The van der Waals surface area contributed by atoms with Crippen LogP contribution in [0.3, 0.4) is 0 Å². The first kappa shape index (κ1) is 16.8. The molecule has 0 aliphatic rings. The van der Waals surface area contributed by atoms with Gasteiger partial charge < -0.3 is 10.4 Å². The van der Waals surface area contributed by atoms with Crippen LogP contribution in [0.25, 0.3) is 27.7 Å². The minimum Gasteiger partial charge on any atom is -0.507 e. The molecule has 138 valence electrons. The summed E-state index contributed by atoms with van der Waals surface area (Å²) in [4.78, 5) is 8.92. The average Bonchev–Trinajstić information content (AvgIpc) is 3.12. The van der Waals surface area contributed by atoms with Crippen LogP contribution in [0.4, 0.5) is 11.5 Å². The normalized spacial score (nSPS) is 10.9. The van der Waals surface area contributed by atoms with Crippen LogP contribution in [0, 0.1) is 11.3 Å². The van der Waals surface area contributed by atoms with E-state index < -0.39 is 0 Å². The summed E-state index contributed by atoms with van der Waals surface area (Å²) in [5.74, 6) is 0.863. The van der Waals surface area contributed by atoms with Gasteiger partial charge in [0, 0.05) is 18.1 Å². The zero-order valence-electron chi connectivity index (χ0n) is 15.2. The molecule has 0 saturated heterocycles. The maximum absolute atomic E-state index is 10.7. The second kappa shape index (κ2) is 6.66. The van der Waals surface area contributed by atoms with E-state index in [1.54, 1.807) is 30.6 Å². The molecule has 0 aliphatic carbocycles. The molecule has 29 heavy (non-hydrogen) atoms. The number of hydrogen-bond donors (Lipinski definition) is 2.